The summed E-state index contributed by atoms with van der Waals surface area (Å²) in [5.74, 6) is 0.526. The van der Waals surface area contributed by atoms with E-state index >= 15 is 0 Å². The van der Waals surface area contributed by atoms with Gasteiger partial charge in [-0.05, 0) is 31.0 Å². The Morgan fingerprint density at radius 2 is 2.11 bits per heavy atom. The minimum Gasteiger partial charge on any atom is -0.382 e. The molecule has 1 aromatic carbocycles. The number of hydrogen-bond acceptors (Lipinski definition) is 2. The maximum atomic E-state index is 5.72. The van der Waals surface area contributed by atoms with Gasteiger partial charge in [-0.2, -0.15) is 5.10 Å². The van der Waals surface area contributed by atoms with Crippen molar-refractivity contribution in [2.75, 3.05) is 5.73 Å². The second-order valence-corrected chi connectivity index (χ2v) is 4.93. The van der Waals surface area contributed by atoms with E-state index in [0.717, 1.165) is 12.1 Å². The Labute approximate surface area is 112 Å². The van der Waals surface area contributed by atoms with Crippen LogP contribution in [0.1, 0.15) is 18.2 Å². The van der Waals surface area contributed by atoms with Crippen LogP contribution in [-0.2, 0) is 13.5 Å². The minimum atomic E-state index is 0.526. The van der Waals surface area contributed by atoms with Crippen molar-refractivity contribution < 1.29 is 0 Å². The zero-order valence-corrected chi connectivity index (χ0v) is 11.5. The van der Waals surface area contributed by atoms with Crippen LogP contribution in [0.2, 0.25) is 0 Å². The third kappa shape index (κ3) is 1.71. The summed E-state index contributed by atoms with van der Waals surface area (Å²) in [6, 6.07) is 8.52. The molecule has 0 amide bonds. The molecule has 4 heteroatoms. The van der Waals surface area contributed by atoms with Crippen molar-refractivity contribution in [3.63, 3.8) is 0 Å². The molecule has 2 aromatic heterocycles. The number of anilines is 1. The summed E-state index contributed by atoms with van der Waals surface area (Å²) < 4.78 is 2.21. The number of nitrogens with zero attached hydrogens (tertiary/aromatic N) is 2. The predicted molar refractivity (Wildman–Crippen MR) is 79.0 cm³/mol. The number of nitrogens with two attached hydrogens (primary N) is 1. The molecule has 19 heavy (non-hydrogen) atoms. The van der Waals surface area contributed by atoms with Crippen LogP contribution in [0.3, 0.4) is 0 Å². The van der Waals surface area contributed by atoms with E-state index in [4.69, 9.17) is 5.73 Å². The standard InChI is InChI=1S/C15H18N4/c1-4-10-5-6-13-11(7-10)15(9(2)19(13)3)12-8-14(16)18-17-12/h5-8H,4H2,1-3H3,(H3,16,17,18). The summed E-state index contributed by atoms with van der Waals surface area (Å²) in [5, 5.41) is 8.31. The number of H-pyrrole nitrogens is 1. The van der Waals surface area contributed by atoms with Crippen LogP contribution in [0.25, 0.3) is 22.2 Å². The van der Waals surface area contributed by atoms with Gasteiger partial charge in [0.1, 0.15) is 5.82 Å². The highest BCUT2D eigenvalue weighted by atomic mass is 15.2. The van der Waals surface area contributed by atoms with Crippen molar-refractivity contribution in [3.8, 4) is 11.3 Å². The van der Waals surface area contributed by atoms with E-state index in [1.807, 2.05) is 6.07 Å². The van der Waals surface area contributed by atoms with E-state index in [1.54, 1.807) is 0 Å². The van der Waals surface area contributed by atoms with E-state index in [2.05, 4.69) is 53.9 Å². The normalized spacial score (nSPS) is 11.3. The van der Waals surface area contributed by atoms with Gasteiger partial charge in [-0.25, -0.2) is 0 Å². The molecule has 3 aromatic rings. The van der Waals surface area contributed by atoms with Gasteiger partial charge in [0.25, 0.3) is 0 Å². The van der Waals surface area contributed by atoms with Crippen LogP contribution in [0.15, 0.2) is 24.3 Å². The number of nitrogens with one attached hydrogen (secondary N) is 1. The summed E-state index contributed by atoms with van der Waals surface area (Å²) in [4.78, 5) is 0. The van der Waals surface area contributed by atoms with Crippen LogP contribution in [0, 0.1) is 6.92 Å². The van der Waals surface area contributed by atoms with Crippen molar-refractivity contribution in [2.24, 2.45) is 7.05 Å². The van der Waals surface area contributed by atoms with Gasteiger partial charge in [0.2, 0.25) is 0 Å². The lowest BCUT2D eigenvalue weighted by Gasteiger charge is -2.00. The monoisotopic (exact) mass is 254 g/mol. The van der Waals surface area contributed by atoms with E-state index in [9.17, 15) is 0 Å². The zero-order chi connectivity index (χ0) is 13.6. The molecule has 0 unspecified atom stereocenters. The van der Waals surface area contributed by atoms with Crippen molar-refractivity contribution in [1.29, 1.82) is 0 Å². The zero-order valence-electron chi connectivity index (χ0n) is 11.5. The molecule has 3 rings (SSSR count). The molecule has 4 nitrogen and oxygen atoms in total. The Balaban J connectivity index is 2.36. The fourth-order valence-electron chi connectivity index (χ4n) is 2.64. The van der Waals surface area contributed by atoms with Crippen LogP contribution < -0.4 is 5.73 Å². The van der Waals surface area contributed by atoms with Crippen LogP contribution in [0.5, 0.6) is 0 Å². The molecule has 0 bridgehead atoms. The van der Waals surface area contributed by atoms with E-state index in [-0.39, 0.29) is 0 Å². The maximum absolute atomic E-state index is 5.72. The molecule has 0 saturated heterocycles. The Kier molecular flexibility index (Phi) is 2.59. The van der Waals surface area contributed by atoms with Crippen molar-refractivity contribution in [3.05, 3.63) is 35.5 Å². The van der Waals surface area contributed by atoms with Gasteiger partial charge >= 0.3 is 0 Å². The second-order valence-electron chi connectivity index (χ2n) is 4.93. The largest absolute Gasteiger partial charge is 0.382 e. The molecule has 0 spiro atoms. The quantitative estimate of drug-likeness (QED) is 0.738. The van der Waals surface area contributed by atoms with Crippen molar-refractivity contribution in [2.45, 2.75) is 20.3 Å². The lowest BCUT2D eigenvalue weighted by atomic mass is 10.0. The Morgan fingerprint density at radius 1 is 1.32 bits per heavy atom. The molecule has 98 valence electrons. The number of fused-ring (bicyclic) bond motifs is 1. The minimum absolute atomic E-state index is 0.526. The van der Waals surface area contributed by atoms with Gasteiger partial charge in [-0.3, -0.25) is 5.10 Å². The van der Waals surface area contributed by atoms with Gasteiger partial charge in [0.05, 0.1) is 5.69 Å². The highest BCUT2D eigenvalue weighted by Crippen LogP contribution is 2.34. The van der Waals surface area contributed by atoms with E-state index < -0.39 is 0 Å². The van der Waals surface area contributed by atoms with E-state index in [1.165, 1.54) is 27.7 Å². The van der Waals surface area contributed by atoms with Crippen molar-refractivity contribution >= 4 is 16.7 Å². The molecule has 0 fully saturated rings. The average Bonchev–Trinajstić information content (AvgIpc) is 2.93. The first-order valence-corrected chi connectivity index (χ1v) is 6.51. The Bertz CT molecular complexity index is 749. The summed E-state index contributed by atoms with van der Waals surface area (Å²) in [6.45, 7) is 4.29. The van der Waals surface area contributed by atoms with Crippen LogP contribution in [0.4, 0.5) is 5.82 Å². The molecular weight excluding hydrogens is 236 g/mol. The summed E-state index contributed by atoms with van der Waals surface area (Å²) in [6.07, 6.45) is 1.04. The lowest BCUT2D eigenvalue weighted by molar-refractivity contribution is 0.918. The van der Waals surface area contributed by atoms with E-state index in [0.29, 0.717) is 5.82 Å². The first-order valence-electron chi connectivity index (χ1n) is 6.51. The first-order chi connectivity index (χ1) is 9.11. The first kappa shape index (κ1) is 11.8. The fourth-order valence-corrected chi connectivity index (χ4v) is 2.64. The van der Waals surface area contributed by atoms with Gasteiger partial charge in [0.15, 0.2) is 0 Å². The number of hydrogen-bond donors (Lipinski definition) is 2. The predicted octanol–water partition coefficient (Wildman–Crippen LogP) is 3.02. The van der Waals surface area contributed by atoms with Gasteiger partial charge in [-0.1, -0.05) is 13.0 Å². The second kappa shape index (κ2) is 4.16. The molecule has 0 aliphatic carbocycles. The summed E-state index contributed by atoms with van der Waals surface area (Å²) in [7, 11) is 2.09. The average molecular weight is 254 g/mol. The maximum Gasteiger partial charge on any atom is 0.145 e. The smallest absolute Gasteiger partial charge is 0.145 e. The Hall–Kier alpha value is -2.23. The molecular formula is C15H18N4. The number of benzene rings is 1. The number of aryl methyl sites for hydroxylation is 2. The molecule has 0 radical (unpaired) electrons. The molecule has 2 heterocycles. The van der Waals surface area contributed by atoms with Crippen LogP contribution in [-0.4, -0.2) is 14.8 Å². The molecule has 0 atom stereocenters. The summed E-state index contributed by atoms with van der Waals surface area (Å²) in [5.41, 5.74) is 11.7. The lowest BCUT2D eigenvalue weighted by Crippen LogP contribution is -1.90. The number of aromatic nitrogens is 3. The summed E-state index contributed by atoms with van der Waals surface area (Å²) >= 11 is 0. The third-order valence-electron chi connectivity index (χ3n) is 3.83. The fraction of sp³-hybridized carbons (Fsp3) is 0.267. The molecule has 0 aliphatic heterocycles. The molecule has 3 N–H and O–H groups in total. The van der Waals surface area contributed by atoms with Crippen molar-refractivity contribution in [1.82, 2.24) is 14.8 Å². The Morgan fingerprint density at radius 3 is 2.74 bits per heavy atom. The van der Waals surface area contributed by atoms with Gasteiger partial charge < -0.3 is 10.3 Å². The number of rotatable bonds is 2. The van der Waals surface area contributed by atoms with Crippen LogP contribution >= 0.6 is 0 Å². The molecule has 0 aliphatic rings. The SMILES string of the molecule is CCc1ccc2c(c1)c(-c1cc(N)n[nH]1)c(C)n2C. The van der Waals surface area contributed by atoms with Gasteiger partial charge in [0, 0.05) is 35.3 Å². The third-order valence-corrected chi connectivity index (χ3v) is 3.83. The number of aromatic amines is 1. The number of nitrogen functional groups attached to an aromatic ring is 1. The highest BCUT2D eigenvalue weighted by Gasteiger charge is 2.15. The van der Waals surface area contributed by atoms with Gasteiger partial charge in [-0.15, -0.1) is 0 Å². The molecule has 0 saturated carbocycles. The highest BCUT2D eigenvalue weighted by molar-refractivity contribution is 5.97. The topological polar surface area (TPSA) is 59.6 Å².